The monoisotopic (exact) mass is 530 g/mol. The smallest absolute Gasteiger partial charge is 0.313 e. The minimum absolute atomic E-state index is 0.179. The van der Waals surface area contributed by atoms with Crippen LogP contribution in [0.25, 0.3) is 11.5 Å². The maximum Gasteiger partial charge on any atom is 0.313 e. The van der Waals surface area contributed by atoms with Crippen LogP contribution >= 0.6 is 23.2 Å². The van der Waals surface area contributed by atoms with Gasteiger partial charge in [-0.15, -0.1) is 0 Å². The van der Waals surface area contributed by atoms with Gasteiger partial charge in [0.2, 0.25) is 11.6 Å². The van der Waals surface area contributed by atoms with Crippen molar-refractivity contribution in [3.8, 4) is 0 Å². The number of ketones is 2. The highest BCUT2D eigenvalue weighted by Crippen LogP contribution is 2.38. The van der Waals surface area contributed by atoms with Crippen LogP contribution in [0.5, 0.6) is 0 Å². The van der Waals surface area contributed by atoms with Gasteiger partial charge in [-0.1, -0.05) is 23.2 Å². The number of hydrogen-bond donors (Lipinski definition) is 0. The Kier molecular flexibility index (Phi) is 7.47. The van der Waals surface area contributed by atoms with Crippen molar-refractivity contribution in [3.63, 3.8) is 0 Å². The van der Waals surface area contributed by atoms with Crippen LogP contribution in [0.3, 0.4) is 0 Å². The molecule has 0 aliphatic carbocycles. The Balaban J connectivity index is 1.66. The second-order valence-electron chi connectivity index (χ2n) is 8.01. The number of rotatable bonds is 7. The van der Waals surface area contributed by atoms with E-state index in [-0.39, 0.29) is 11.5 Å². The van der Waals surface area contributed by atoms with E-state index in [9.17, 15) is 19.2 Å². The Labute approximate surface area is 216 Å². The summed E-state index contributed by atoms with van der Waals surface area (Å²) in [7, 11) is 2.21. The summed E-state index contributed by atoms with van der Waals surface area (Å²) in [6.07, 6.45) is -0.480. The molecule has 0 aromatic heterocycles. The lowest BCUT2D eigenvalue weighted by molar-refractivity contribution is -0.169. The van der Waals surface area contributed by atoms with Crippen molar-refractivity contribution < 1.29 is 38.1 Å². The lowest BCUT2D eigenvalue weighted by Crippen LogP contribution is -2.49. The third-order valence-corrected chi connectivity index (χ3v) is 6.36. The molecule has 4 rings (SSSR count). The van der Waals surface area contributed by atoms with Gasteiger partial charge in [0, 0.05) is 33.3 Å². The van der Waals surface area contributed by atoms with Gasteiger partial charge >= 0.3 is 11.9 Å². The van der Waals surface area contributed by atoms with Crippen LogP contribution in [-0.4, -0.2) is 49.9 Å². The number of carbonyl (C=O) groups excluding carboxylic acids is 4. The summed E-state index contributed by atoms with van der Waals surface area (Å²) in [5.74, 6) is -5.76. The highest BCUT2D eigenvalue weighted by molar-refractivity contribution is 6.30. The molecule has 2 heterocycles. The molecule has 2 aliphatic heterocycles. The zero-order chi connectivity index (χ0) is 26.0. The summed E-state index contributed by atoms with van der Waals surface area (Å²) < 4.78 is 21.5. The molecule has 0 fully saturated rings. The number of benzene rings is 2. The van der Waals surface area contributed by atoms with Crippen molar-refractivity contribution in [2.75, 3.05) is 14.2 Å². The Morgan fingerprint density at radius 3 is 1.33 bits per heavy atom. The lowest BCUT2D eigenvalue weighted by Gasteiger charge is -2.30. The fourth-order valence-electron chi connectivity index (χ4n) is 4.10. The van der Waals surface area contributed by atoms with Gasteiger partial charge < -0.3 is 18.9 Å². The maximum atomic E-state index is 13.0. The first kappa shape index (κ1) is 25.5. The minimum atomic E-state index is -1.54. The van der Waals surface area contributed by atoms with Crippen molar-refractivity contribution in [1.29, 1.82) is 0 Å². The van der Waals surface area contributed by atoms with Crippen molar-refractivity contribution in [2.24, 2.45) is 11.8 Å². The number of esters is 2. The Hall–Kier alpha value is -3.62. The summed E-state index contributed by atoms with van der Waals surface area (Å²) in [6.45, 7) is 0. The third kappa shape index (κ3) is 5.01. The van der Waals surface area contributed by atoms with Crippen LogP contribution in [0, 0.1) is 11.8 Å². The van der Waals surface area contributed by atoms with Gasteiger partial charge in [-0.2, -0.15) is 0 Å². The second kappa shape index (κ2) is 10.6. The van der Waals surface area contributed by atoms with Crippen LogP contribution in [-0.2, 0) is 38.1 Å². The molecule has 0 radical (unpaired) electrons. The standard InChI is InChI=1S/C26H20Cl2O8/c1-33-25(31)21(23-17(29)11-19(35-23)13-3-7-15(27)8-4-13)22(26(32)34-2)24-18(30)12-20(36-24)14-5-9-16(28)10-6-14/h3-12,21-24H,1-2H3/t21-,22+,23-,24-/m0/s1. The van der Waals surface area contributed by atoms with Crippen molar-refractivity contribution in [1.82, 2.24) is 0 Å². The molecule has 2 aliphatic rings. The topological polar surface area (TPSA) is 105 Å². The molecule has 36 heavy (non-hydrogen) atoms. The predicted molar refractivity (Wildman–Crippen MR) is 130 cm³/mol. The average Bonchev–Trinajstić information content (AvgIpc) is 3.44. The summed E-state index contributed by atoms with van der Waals surface area (Å²) >= 11 is 11.9. The van der Waals surface area contributed by atoms with Crippen LogP contribution in [0.1, 0.15) is 11.1 Å². The van der Waals surface area contributed by atoms with E-state index >= 15 is 0 Å². The van der Waals surface area contributed by atoms with E-state index in [1.54, 1.807) is 48.5 Å². The number of carbonyl (C=O) groups is 4. The van der Waals surface area contributed by atoms with Gasteiger partial charge in [0.1, 0.15) is 23.4 Å². The fourth-order valence-corrected chi connectivity index (χ4v) is 4.35. The van der Waals surface area contributed by atoms with Gasteiger partial charge in [-0.25, -0.2) is 0 Å². The van der Waals surface area contributed by atoms with Crippen LogP contribution in [0.4, 0.5) is 0 Å². The third-order valence-electron chi connectivity index (χ3n) is 5.86. The van der Waals surface area contributed by atoms with E-state index in [0.717, 1.165) is 14.2 Å². The van der Waals surface area contributed by atoms with Crippen molar-refractivity contribution in [3.05, 3.63) is 81.9 Å². The first-order chi connectivity index (χ1) is 17.2. The second-order valence-corrected chi connectivity index (χ2v) is 8.88. The zero-order valence-corrected chi connectivity index (χ0v) is 20.6. The molecule has 0 saturated carbocycles. The number of halogens is 2. The number of hydrogen-bond acceptors (Lipinski definition) is 8. The number of methoxy groups -OCH3 is 2. The first-order valence-corrected chi connectivity index (χ1v) is 11.5. The molecule has 186 valence electrons. The van der Waals surface area contributed by atoms with Crippen molar-refractivity contribution in [2.45, 2.75) is 12.2 Å². The molecule has 2 aromatic rings. The van der Waals surface area contributed by atoms with Crippen LogP contribution in [0.15, 0.2) is 60.7 Å². The summed E-state index contributed by atoms with van der Waals surface area (Å²) in [5, 5.41) is 0.971. The Morgan fingerprint density at radius 2 is 1.03 bits per heavy atom. The Morgan fingerprint density at radius 1 is 0.694 bits per heavy atom. The van der Waals surface area contributed by atoms with Crippen LogP contribution < -0.4 is 0 Å². The largest absolute Gasteiger partial charge is 0.481 e. The summed E-state index contributed by atoms with van der Waals surface area (Å²) in [6, 6.07) is 13.0. The van der Waals surface area contributed by atoms with E-state index in [1.807, 2.05) is 0 Å². The Bertz CT molecular complexity index is 1160. The normalized spacial score (nSPS) is 20.6. The highest BCUT2D eigenvalue weighted by atomic mass is 35.5. The zero-order valence-electron chi connectivity index (χ0n) is 19.1. The lowest BCUT2D eigenvalue weighted by atomic mass is 9.81. The molecule has 0 saturated heterocycles. The van der Waals surface area contributed by atoms with Gasteiger partial charge in [0.25, 0.3) is 0 Å². The van der Waals surface area contributed by atoms with Crippen molar-refractivity contribution >= 4 is 58.2 Å². The van der Waals surface area contributed by atoms with Gasteiger partial charge in [0.15, 0.2) is 12.2 Å². The molecule has 4 atom stereocenters. The highest BCUT2D eigenvalue weighted by Gasteiger charge is 2.54. The molecule has 0 unspecified atom stereocenters. The molecule has 0 N–H and O–H groups in total. The molecule has 8 nitrogen and oxygen atoms in total. The molecule has 0 amide bonds. The quantitative estimate of drug-likeness (QED) is 0.496. The van der Waals surface area contributed by atoms with E-state index in [1.165, 1.54) is 12.2 Å². The molecule has 2 aromatic carbocycles. The summed E-state index contributed by atoms with van der Waals surface area (Å²) in [5.41, 5.74) is 1.07. The van der Waals surface area contributed by atoms with E-state index in [0.29, 0.717) is 21.2 Å². The number of ether oxygens (including phenoxy) is 4. The molecule has 0 spiro atoms. The molecule has 0 bridgehead atoms. The van der Waals surface area contributed by atoms with Gasteiger partial charge in [-0.3, -0.25) is 19.2 Å². The average molecular weight is 531 g/mol. The molecular weight excluding hydrogens is 511 g/mol. The van der Waals surface area contributed by atoms with Gasteiger partial charge in [0.05, 0.1) is 14.2 Å². The first-order valence-electron chi connectivity index (χ1n) is 10.8. The molecular formula is C26H20Cl2O8. The SMILES string of the molecule is COC(=O)[C@H]([C@H](C(=O)OC)[C@H]1OC(c2ccc(Cl)cc2)=CC1=O)[C@H]1OC(c2ccc(Cl)cc2)=CC1=O. The van der Waals surface area contributed by atoms with Gasteiger partial charge in [-0.05, 0) is 48.5 Å². The van der Waals surface area contributed by atoms with E-state index < -0.39 is 47.5 Å². The predicted octanol–water partition coefficient (Wildman–Crippen LogP) is 3.89. The van der Waals surface area contributed by atoms with E-state index in [2.05, 4.69) is 0 Å². The fraction of sp³-hybridized carbons (Fsp3) is 0.231. The maximum absolute atomic E-state index is 13.0. The summed E-state index contributed by atoms with van der Waals surface area (Å²) in [4.78, 5) is 51.8. The van der Waals surface area contributed by atoms with E-state index in [4.69, 9.17) is 42.1 Å². The minimum Gasteiger partial charge on any atom is -0.481 e. The van der Waals surface area contributed by atoms with Crippen LogP contribution in [0.2, 0.25) is 10.0 Å². The molecule has 10 heteroatoms.